The van der Waals surface area contributed by atoms with Gasteiger partial charge in [0.25, 0.3) is 0 Å². The molecule has 0 aliphatic carbocycles. The summed E-state index contributed by atoms with van der Waals surface area (Å²) in [5.74, 6) is 1.36. The highest BCUT2D eigenvalue weighted by Gasteiger charge is 2.36. The molecule has 0 spiro atoms. The van der Waals surface area contributed by atoms with Crippen LogP contribution in [0.15, 0.2) is 24.3 Å². The Kier molecular flexibility index (Phi) is 3.62. The predicted molar refractivity (Wildman–Crippen MR) is 70.1 cm³/mol. The fourth-order valence-electron chi connectivity index (χ4n) is 1.98. The number of carbonyl (C=O) groups excluding carboxylic acids is 1. The van der Waals surface area contributed by atoms with Crippen LogP contribution in [-0.2, 0) is 11.3 Å². The molecule has 0 radical (unpaired) electrons. The zero-order valence-corrected chi connectivity index (χ0v) is 10.7. The first-order valence-corrected chi connectivity index (χ1v) is 6.79. The number of thioether (sulfide) groups is 1. The van der Waals surface area contributed by atoms with Crippen molar-refractivity contribution in [1.82, 2.24) is 5.32 Å². The normalized spacial score (nSPS) is 23.6. The van der Waals surface area contributed by atoms with Gasteiger partial charge < -0.3 is 10.4 Å². The minimum Gasteiger partial charge on any atom is -0.508 e. The molecular formula is C13H17NO2S. The van der Waals surface area contributed by atoms with Crippen LogP contribution in [0.2, 0.25) is 0 Å². The number of hydrogen-bond acceptors (Lipinski definition) is 3. The summed E-state index contributed by atoms with van der Waals surface area (Å²) >= 11 is 1.72. The van der Waals surface area contributed by atoms with Gasteiger partial charge in [0.1, 0.15) is 5.75 Å². The third kappa shape index (κ3) is 2.75. The average Bonchev–Trinajstić information content (AvgIpc) is 2.76. The summed E-state index contributed by atoms with van der Waals surface area (Å²) < 4.78 is -0.287. The molecule has 0 saturated carbocycles. The van der Waals surface area contributed by atoms with E-state index in [4.69, 9.17) is 0 Å². The number of nitrogens with one attached hydrogen (secondary N) is 1. The van der Waals surface area contributed by atoms with E-state index in [0.29, 0.717) is 6.54 Å². The molecule has 0 bridgehead atoms. The predicted octanol–water partition coefficient (Wildman–Crippen LogP) is 2.29. The lowest BCUT2D eigenvalue weighted by atomic mass is 10.0. The third-order valence-electron chi connectivity index (χ3n) is 3.13. The number of phenolic OH excluding ortho intramolecular Hbond substituents is 1. The molecule has 17 heavy (non-hydrogen) atoms. The van der Waals surface area contributed by atoms with Gasteiger partial charge in [-0.3, -0.25) is 4.79 Å². The van der Waals surface area contributed by atoms with E-state index in [-0.39, 0.29) is 16.4 Å². The summed E-state index contributed by atoms with van der Waals surface area (Å²) in [4.78, 5) is 12.0. The Morgan fingerprint density at radius 1 is 1.53 bits per heavy atom. The van der Waals surface area contributed by atoms with E-state index >= 15 is 0 Å². The Morgan fingerprint density at radius 2 is 2.29 bits per heavy atom. The zero-order valence-electron chi connectivity index (χ0n) is 9.90. The number of phenols is 1. The second-order valence-corrected chi connectivity index (χ2v) is 6.09. The number of hydrogen-bond donors (Lipinski definition) is 2. The van der Waals surface area contributed by atoms with E-state index < -0.39 is 0 Å². The Hall–Kier alpha value is -1.16. The largest absolute Gasteiger partial charge is 0.508 e. The maximum Gasteiger partial charge on any atom is 0.236 e. The first-order valence-electron chi connectivity index (χ1n) is 5.81. The van der Waals surface area contributed by atoms with Crippen LogP contribution < -0.4 is 5.32 Å². The van der Waals surface area contributed by atoms with Crippen molar-refractivity contribution in [1.29, 1.82) is 0 Å². The van der Waals surface area contributed by atoms with Crippen LogP contribution in [0.4, 0.5) is 0 Å². The topological polar surface area (TPSA) is 49.3 Å². The van der Waals surface area contributed by atoms with Gasteiger partial charge in [-0.05, 0) is 31.6 Å². The molecule has 1 atom stereocenters. The summed E-state index contributed by atoms with van der Waals surface area (Å²) in [6, 6.07) is 7.08. The number of benzene rings is 1. The minimum atomic E-state index is -0.287. The summed E-state index contributed by atoms with van der Waals surface area (Å²) in [7, 11) is 0. The van der Waals surface area contributed by atoms with Gasteiger partial charge in [0, 0.05) is 12.1 Å². The van der Waals surface area contributed by atoms with Crippen LogP contribution in [0.1, 0.15) is 25.3 Å². The van der Waals surface area contributed by atoms with Gasteiger partial charge in [0.15, 0.2) is 0 Å². The number of carbonyl (C=O) groups is 1. The van der Waals surface area contributed by atoms with Crippen LogP contribution in [0.25, 0.3) is 0 Å². The molecule has 92 valence electrons. The van der Waals surface area contributed by atoms with E-state index in [1.54, 1.807) is 23.9 Å². The second-order valence-electron chi connectivity index (χ2n) is 4.49. The molecule has 1 unspecified atom stereocenters. The molecule has 0 aromatic heterocycles. The van der Waals surface area contributed by atoms with Crippen molar-refractivity contribution in [3.05, 3.63) is 29.8 Å². The number of para-hydroxylation sites is 1. The van der Waals surface area contributed by atoms with Gasteiger partial charge in [0.05, 0.1) is 4.75 Å². The van der Waals surface area contributed by atoms with Crippen molar-refractivity contribution in [2.75, 3.05) is 5.75 Å². The SMILES string of the molecule is CC1(C(=O)NCc2ccccc2O)CCCS1. The average molecular weight is 251 g/mol. The summed E-state index contributed by atoms with van der Waals surface area (Å²) in [5, 5.41) is 12.5. The fraction of sp³-hybridized carbons (Fsp3) is 0.462. The lowest BCUT2D eigenvalue weighted by Crippen LogP contribution is -2.39. The Morgan fingerprint density at radius 3 is 2.94 bits per heavy atom. The molecule has 3 nitrogen and oxygen atoms in total. The van der Waals surface area contributed by atoms with Gasteiger partial charge in [-0.2, -0.15) is 0 Å². The first kappa shape index (κ1) is 12.3. The lowest BCUT2D eigenvalue weighted by Gasteiger charge is -2.21. The maximum absolute atomic E-state index is 12.0. The van der Waals surface area contributed by atoms with Crippen molar-refractivity contribution in [3.8, 4) is 5.75 Å². The molecule has 1 amide bonds. The van der Waals surface area contributed by atoms with Gasteiger partial charge in [-0.25, -0.2) is 0 Å². The second kappa shape index (κ2) is 5.00. The smallest absolute Gasteiger partial charge is 0.236 e. The van der Waals surface area contributed by atoms with E-state index in [1.165, 1.54) is 0 Å². The summed E-state index contributed by atoms with van der Waals surface area (Å²) in [6.45, 7) is 2.38. The summed E-state index contributed by atoms with van der Waals surface area (Å²) in [6.07, 6.45) is 2.04. The fourth-order valence-corrected chi connectivity index (χ4v) is 3.21. The molecule has 2 N–H and O–H groups in total. The molecular weight excluding hydrogens is 234 g/mol. The Balaban J connectivity index is 1.94. The van der Waals surface area contributed by atoms with Crippen molar-refractivity contribution < 1.29 is 9.90 Å². The van der Waals surface area contributed by atoms with Crippen LogP contribution in [0.5, 0.6) is 5.75 Å². The van der Waals surface area contributed by atoms with Crippen molar-refractivity contribution in [3.63, 3.8) is 0 Å². The van der Waals surface area contributed by atoms with Gasteiger partial charge in [0.2, 0.25) is 5.91 Å². The molecule has 1 aromatic rings. The van der Waals surface area contributed by atoms with Crippen molar-refractivity contribution in [2.45, 2.75) is 31.1 Å². The van der Waals surface area contributed by atoms with Crippen molar-refractivity contribution in [2.24, 2.45) is 0 Å². The standard InChI is InChI=1S/C13H17NO2S/c1-13(7-4-8-17-13)12(16)14-9-10-5-2-3-6-11(10)15/h2-3,5-6,15H,4,7-9H2,1H3,(H,14,16). The number of aromatic hydroxyl groups is 1. The van der Waals surface area contributed by atoms with Crippen LogP contribution in [0, 0.1) is 0 Å². The Bertz CT molecular complexity index is 414. The number of amides is 1. The van der Waals surface area contributed by atoms with E-state index in [1.807, 2.05) is 19.1 Å². The van der Waals surface area contributed by atoms with Crippen molar-refractivity contribution >= 4 is 17.7 Å². The highest BCUT2D eigenvalue weighted by Crippen LogP contribution is 2.37. The summed E-state index contributed by atoms with van der Waals surface area (Å²) in [5.41, 5.74) is 0.757. The molecule has 4 heteroatoms. The molecule has 1 aliphatic heterocycles. The molecule has 1 aliphatic rings. The molecule has 1 fully saturated rings. The van der Waals surface area contributed by atoms with Crippen LogP contribution >= 0.6 is 11.8 Å². The molecule has 1 saturated heterocycles. The molecule has 1 heterocycles. The maximum atomic E-state index is 12.0. The third-order valence-corrected chi connectivity index (χ3v) is 4.65. The van der Waals surface area contributed by atoms with Gasteiger partial charge >= 0.3 is 0 Å². The molecule has 1 aromatic carbocycles. The lowest BCUT2D eigenvalue weighted by molar-refractivity contribution is -0.123. The monoisotopic (exact) mass is 251 g/mol. The highest BCUT2D eigenvalue weighted by atomic mass is 32.2. The van der Waals surface area contributed by atoms with Crippen LogP contribution in [-0.4, -0.2) is 21.5 Å². The van der Waals surface area contributed by atoms with E-state index in [2.05, 4.69) is 5.32 Å². The van der Waals surface area contributed by atoms with E-state index in [9.17, 15) is 9.90 Å². The zero-order chi connectivity index (χ0) is 12.3. The minimum absolute atomic E-state index is 0.0725. The highest BCUT2D eigenvalue weighted by molar-refractivity contribution is 8.01. The quantitative estimate of drug-likeness (QED) is 0.866. The van der Waals surface area contributed by atoms with E-state index in [0.717, 1.165) is 24.2 Å². The Labute approximate surface area is 106 Å². The number of rotatable bonds is 3. The first-order chi connectivity index (χ1) is 8.12. The van der Waals surface area contributed by atoms with Gasteiger partial charge in [-0.1, -0.05) is 18.2 Å². The van der Waals surface area contributed by atoms with Gasteiger partial charge in [-0.15, -0.1) is 11.8 Å². The molecule has 2 rings (SSSR count). The van der Waals surface area contributed by atoms with Crippen LogP contribution in [0.3, 0.4) is 0 Å².